The monoisotopic (exact) mass is 420 g/mol. The predicted octanol–water partition coefficient (Wildman–Crippen LogP) is 1.48. The van der Waals surface area contributed by atoms with Crippen LogP contribution in [0.25, 0.3) is 0 Å². The third-order valence-corrected chi connectivity index (χ3v) is 6.47. The van der Waals surface area contributed by atoms with Gasteiger partial charge in [-0.2, -0.15) is 0 Å². The van der Waals surface area contributed by atoms with Crippen molar-refractivity contribution in [1.29, 1.82) is 0 Å². The molecule has 0 saturated heterocycles. The molecule has 1 N–H and O–H groups in total. The summed E-state index contributed by atoms with van der Waals surface area (Å²) in [6.07, 6.45) is 6.48. The minimum absolute atomic E-state index is 0.0689. The normalized spacial score (nSPS) is 13.4. The van der Waals surface area contributed by atoms with Gasteiger partial charge in [-0.25, -0.2) is 13.2 Å². The van der Waals surface area contributed by atoms with Crippen molar-refractivity contribution in [1.82, 2.24) is 9.55 Å². The molecule has 0 unspecified atom stereocenters. The van der Waals surface area contributed by atoms with Gasteiger partial charge in [-0.15, -0.1) is 6.42 Å². The van der Waals surface area contributed by atoms with Crippen molar-refractivity contribution < 1.29 is 17.9 Å². The molecule has 0 radical (unpaired) electrons. The van der Waals surface area contributed by atoms with Gasteiger partial charge >= 0.3 is 5.69 Å². The smallest absolute Gasteiger partial charge is 0.330 e. The fraction of sp³-hybridized carbons (Fsp3) is 0.400. The van der Waals surface area contributed by atoms with Crippen LogP contribution >= 0.6 is 0 Å². The first-order chi connectivity index (χ1) is 13.7. The van der Waals surface area contributed by atoms with Crippen molar-refractivity contribution in [2.75, 3.05) is 12.4 Å². The minimum Gasteiger partial charge on any atom is -0.478 e. The van der Waals surface area contributed by atoms with E-state index in [1.54, 1.807) is 38.1 Å². The summed E-state index contributed by atoms with van der Waals surface area (Å²) in [5.41, 5.74) is -0.457. The standard InChI is InChI=1S/C20H24N2O6S/c1-4-15(2)28-18-8-5-7-17(13-18)16(3)29(25,26)12-6-11-27-14-22-10-9-19(23)21-20(22)24/h1,5,7-10,13,15-16H,6,11-12,14H2,2-3H3,(H,21,23,24)/t15-,16+/m0/s1. The topological polar surface area (TPSA) is 107 Å². The predicted molar refractivity (Wildman–Crippen MR) is 109 cm³/mol. The van der Waals surface area contributed by atoms with Crippen LogP contribution in [0.2, 0.25) is 0 Å². The molecule has 0 bridgehead atoms. The molecule has 1 aromatic carbocycles. The van der Waals surface area contributed by atoms with Crippen molar-refractivity contribution in [3.8, 4) is 18.1 Å². The second-order valence-electron chi connectivity index (χ2n) is 6.48. The molecule has 156 valence electrons. The number of hydrogen-bond donors (Lipinski definition) is 1. The fourth-order valence-electron chi connectivity index (χ4n) is 2.53. The highest BCUT2D eigenvalue weighted by molar-refractivity contribution is 7.91. The van der Waals surface area contributed by atoms with Gasteiger partial charge in [0.25, 0.3) is 5.56 Å². The summed E-state index contributed by atoms with van der Waals surface area (Å²) in [6.45, 7) is 3.44. The second-order valence-corrected chi connectivity index (χ2v) is 8.92. The molecule has 29 heavy (non-hydrogen) atoms. The summed E-state index contributed by atoms with van der Waals surface area (Å²) in [6, 6.07) is 8.07. The van der Waals surface area contributed by atoms with Gasteiger partial charge in [0.15, 0.2) is 15.9 Å². The Balaban J connectivity index is 1.88. The first kappa shape index (κ1) is 22.5. The number of H-pyrrole nitrogens is 1. The van der Waals surface area contributed by atoms with E-state index in [2.05, 4.69) is 10.9 Å². The third kappa shape index (κ3) is 6.62. The summed E-state index contributed by atoms with van der Waals surface area (Å²) >= 11 is 0. The molecule has 0 aliphatic rings. The SMILES string of the molecule is C#C[C@H](C)Oc1cccc([C@@H](C)S(=O)(=O)CCCOCn2ccc(=O)[nH]c2=O)c1. The first-order valence-corrected chi connectivity index (χ1v) is 10.8. The lowest BCUT2D eigenvalue weighted by Crippen LogP contribution is -2.29. The van der Waals surface area contributed by atoms with Gasteiger partial charge < -0.3 is 9.47 Å². The van der Waals surface area contributed by atoms with Crippen LogP contribution in [0, 0.1) is 12.3 Å². The van der Waals surface area contributed by atoms with Gasteiger partial charge in [0, 0.05) is 18.9 Å². The fourth-order valence-corrected chi connectivity index (χ4v) is 3.97. The van der Waals surface area contributed by atoms with Crippen LogP contribution in [0.1, 0.15) is 31.1 Å². The lowest BCUT2D eigenvalue weighted by molar-refractivity contribution is 0.0745. The number of rotatable bonds is 10. The highest BCUT2D eigenvalue weighted by Crippen LogP contribution is 2.26. The average Bonchev–Trinajstić information content (AvgIpc) is 2.68. The van der Waals surface area contributed by atoms with Crippen LogP contribution in [0.4, 0.5) is 0 Å². The second kappa shape index (κ2) is 10.1. The average molecular weight is 420 g/mol. The summed E-state index contributed by atoms with van der Waals surface area (Å²) in [5, 5.41) is -0.714. The van der Waals surface area contributed by atoms with Gasteiger partial charge in [-0.3, -0.25) is 14.3 Å². The molecule has 1 aromatic heterocycles. The molecule has 2 rings (SSSR count). The number of terminal acetylenes is 1. The molecule has 2 aromatic rings. The van der Waals surface area contributed by atoms with E-state index in [4.69, 9.17) is 15.9 Å². The van der Waals surface area contributed by atoms with Crippen molar-refractivity contribution in [2.45, 2.75) is 38.4 Å². The number of ether oxygens (including phenoxy) is 2. The maximum atomic E-state index is 12.6. The Morgan fingerprint density at radius 1 is 1.24 bits per heavy atom. The largest absolute Gasteiger partial charge is 0.478 e. The van der Waals surface area contributed by atoms with Crippen LogP contribution < -0.4 is 16.0 Å². The van der Waals surface area contributed by atoms with Gasteiger partial charge in [-0.05, 0) is 38.0 Å². The molecule has 0 aliphatic carbocycles. The molecule has 8 nitrogen and oxygen atoms in total. The number of hydrogen-bond acceptors (Lipinski definition) is 6. The Labute approximate surface area is 169 Å². The quantitative estimate of drug-likeness (QED) is 0.461. The number of sulfone groups is 1. The summed E-state index contributed by atoms with van der Waals surface area (Å²) in [4.78, 5) is 24.7. The summed E-state index contributed by atoms with van der Waals surface area (Å²) in [5.74, 6) is 2.91. The molecular weight excluding hydrogens is 396 g/mol. The molecule has 2 atom stereocenters. The number of nitrogens with one attached hydrogen (secondary N) is 1. The van der Waals surface area contributed by atoms with Crippen LogP contribution in [-0.2, 0) is 21.3 Å². The highest BCUT2D eigenvalue weighted by atomic mass is 32.2. The van der Waals surface area contributed by atoms with E-state index in [-0.39, 0.29) is 25.5 Å². The number of aromatic amines is 1. The van der Waals surface area contributed by atoms with E-state index < -0.39 is 32.4 Å². The molecule has 0 spiro atoms. The molecule has 0 fully saturated rings. The first-order valence-electron chi connectivity index (χ1n) is 9.05. The zero-order valence-electron chi connectivity index (χ0n) is 16.3. The molecule has 1 heterocycles. The van der Waals surface area contributed by atoms with Crippen LogP contribution in [-0.4, -0.2) is 36.4 Å². The summed E-state index contributed by atoms with van der Waals surface area (Å²) in [7, 11) is -3.41. The molecule has 0 aliphatic heterocycles. The lowest BCUT2D eigenvalue weighted by atomic mass is 10.1. The Kier molecular flexibility index (Phi) is 7.82. The van der Waals surface area contributed by atoms with Gasteiger partial charge in [0.1, 0.15) is 12.5 Å². The Hall–Kier alpha value is -2.83. The molecule has 0 saturated carbocycles. The maximum absolute atomic E-state index is 12.6. The lowest BCUT2D eigenvalue weighted by Gasteiger charge is -2.16. The van der Waals surface area contributed by atoms with E-state index in [9.17, 15) is 18.0 Å². The minimum atomic E-state index is -3.41. The van der Waals surface area contributed by atoms with E-state index in [0.717, 1.165) is 0 Å². The van der Waals surface area contributed by atoms with Crippen molar-refractivity contribution in [3.63, 3.8) is 0 Å². The van der Waals surface area contributed by atoms with Gasteiger partial charge in [0.2, 0.25) is 0 Å². The number of benzene rings is 1. The van der Waals surface area contributed by atoms with Crippen molar-refractivity contribution in [2.24, 2.45) is 0 Å². The number of nitrogens with zero attached hydrogens (tertiary/aromatic N) is 1. The van der Waals surface area contributed by atoms with Crippen molar-refractivity contribution in [3.05, 3.63) is 62.9 Å². The molecular formula is C20H24N2O6S. The van der Waals surface area contributed by atoms with Gasteiger partial charge in [-0.1, -0.05) is 18.1 Å². The molecule has 9 heteroatoms. The third-order valence-electron chi connectivity index (χ3n) is 4.26. The van der Waals surface area contributed by atoms with E-state index >= 15 is 0 Å². The van der Waals surface area contributed by atoms with Crippen molar-refractivity contribution >= 4 is 9.84 Å². The zero-order chi connectivity index (χ0) is 21.4. The van der Waals surface area contributed by atoms with Crippen LogP contribution in [0.3, 0.4) is 0 Å². The van der Waals surface area contributed by atoms with Gasteiger partial charge in [0.05, 0.1) is 11.0 Å². The van der Waals surface area contributed by atoms with Crippen LogP contribution in [0.5, 0.6) is 5.75 Å². The summed E-state index contributed by atoms with van der Waals surface area (Å²) < 4.78 is 37.3. The molecule has 0 amide bonds. The Bertz CT molecular complexity index is 1080. The maximum Gasteiger partial charge on any atom is 0.330 e. The number of aromatic nitrogens is 2. The van der Waals surface area contributed by atoms with Crippen LogP contribution in [0.15, 0.2) is 46.1 Å². The highest BCUT2D eigenvalue weighted by Gasteiger charge is 2.22. The Morgan fingerprint density at radius 3 is 2.69 bits per heavy atom. The van der Waals surface area contributed by atoms with E-state index in [0.29, 0.717) is 11.3 Å². The Morgan fingerprint density at radius 2 is 2.00 bits per heavy atom. The van der Waals surface area contributed by atoms with E-state index in [1.807, 2.05) is 0 Å². The van der Waals surface area contributed by atoms with E-state index in [1.165, 1.54) is 16.8 Å². The zero-order valence-corrected chi connectivity index (χ0v) is 17.1.